The van der Waals surface area contributed by atoms with Crippen molar-refractivity contribution in [1.82, 2.24) is 24.4 Å². The Morgan fingerprint density at radius 3 is 2.71 bits per heavy atom. The Balaban J connectivity index is 2.00. The fraction of sp³-hybridized carbons (Fsp3) is 0.533. The van der Waals surface area contributed by atoms with E-state index in [0.717, 1.165) is 31.6 Å². The molecule has 3 rings (SSSR count). The second kappa shape index (κ2) is 5.44. The van der Waals surface area contributed by atoms with Gasteiger partial charge in [-0.1, -0.05) is 0 Å². The van der Waals surface area contributed by atoms with Gasteiger partial charge < -0.3 is 9.80 Å². The zero-order valence-corrected chi connectivity index (χ0v) is 12.8. The van der Waals surface area contributed by atoms with Crippen molar-refractivity contribution in [3.05, 3.63) is 29.7 Å². The van der Waals surface area contributed by atoms with Crippen LogP contribution < -0.4 is 0 Å². The van der Waals surface area contributed by atoms with Gasteiger partial charge in [0.1, 0.15) is 5.56 Å². The predicted octanol–water partition coefficient (Wildman–Crippen LogP) is 1.24. The number of piperidine rings is 1. The topological polar surface area (TPSA) is 53.7 Å². The van der Waals surface area contributed by atoms with E-state index in [9.17, 15) is 4.79 Å². The average Bonchev–Trinajstić information content (AvgIpc) is 2.91. The second-order valence-corrected chi connectivity index (χ2v) is 5.94. The van der Waals surface area contributed by atoms with Gasteiger partial charge in [-0.3, -0.25) is 4.79 Å². The van der Waals surface area contributed by atoms with Gasteiger partial charge in [0.15, 0.2) is 5.65 Å². The molecular weight excluding hydrogens is 266 g/mol. The van der Waals surface area contributed by atoms with Crippen LogP contribution in [-0.2, 0) is 0 Å². The molecule has 112 valence electrons. The van der Waals surface area contributed by atoms with E-state index < -0.39 is 0 Å². The lowest BCUT2D eigenvalue weighted by Gasteiger charge is -2.29. The van der Waals surface area contributed by atoms with E-state index in [-0.39, 0.29) is 5.91 Å². The number of hydrogen-bond acceptors (Lipinski definition) is 4. The minimum Gasteiger partial charge on any atom is -0.345 e. The predicted molar refractivity (Wildman–Crippen MR) is 80.5 cm³/mol. The Bertz CT molecular complexity index is 655. The Hall–Kier alpha value is -1.95. The number of likely N-dealkylation sites (tertiary alicyclic amines) is 1. The fourth-order valence-electron chi connectivity index (χ4n) is 2.92. The maximum absolute atomic E-state index is 12.2. The minimum atomic E-state index is -0.0574. The van der Waals surface area contributed by atoms with Gasteiger partial charge in [-0.25, -0.2) is 9.50 Å². The first-order valence-corrected chi connectivity index (χ1v) is 7.30. The molecule has 0 atom stereocenters. The van der Waals surface area contributed by atoms with Gasteiger partial charge >= 0.3 is 0 Å². The van der Waals surface area contributed by atoms with Crippen molar-refractivity contribution in [3.63, 3.8) is 0 Å². The van der Waals surface area contributed by atoms with E-state index >= 15 is 0 Å². The lowest BCUT2D eigenvalue weighted by atomic mass is 9.93. The van der Waals surface area contributed by atoms with E-state index in [0.29, 0.717) is 17.1 Å². The first kappa shape index (κ1) is 14.0. The van der Waals surface area contributed by atoms with Gasteiger partial charge in [0.05, 0.1) is 6.20 Å². The zero-order chi connectivity index (χ0) is 15.0. The smallest absolute Gasteiger partial charge is 0.258 e. The maximum Gasteiger partial charge on any atom is 0.258 e. The molecular formula is C15H21N5O. The molecule has 1 aliphatic rings. The van der Waals surface area contributed by atoms with Crippen LogP contribution in [0.15, 0.2) is 18.5 Å². The van der Waals surface area contributed by atoms with Crippen LogP contribution in [0.25, 0.3) is 5.65 Å². The largest absolute Gasteiger partial charge is 0.345 e. The van der Waals surface area contributed by atoms with Crippen LogP contribution in [0.1, 0.15) is 34.8 Å². The van der Waals surface area contributed by atoms with Gasteiger partial charge in [-0.15, -0.1) is 0 Å². The van der Waals surface area contributed by atoms with Crippen LogP contribution in [0, 0.1) is 0 Å². The van der Waals surface area contributed by atoms with Crippen molar-refractivity contribution in [1.29, 1.82) is 0 Å². The molecule has 0 bridgehead atoms. The van der Waals surface area contributed by atoms with Gasteiger partial charge in [0.25, 0.3) is 5.91 Å². The fourth-order valence-corrected chi connectivity index (χ4v) is 2.92. The van der Waals surface area contributed by atoms with Gasteiger partial charge in [0, 0.05) is 31.9 Å². The Labute approximate surface area is 124 Å². The molecule has 0 unspecified atom stereocenters. The highest BCUT2D eigenvalue weighted by Crippen LogP contribution is 2.27. The van der Waals surface area contributed by atoms with Gasteiger partial charge in [-0.2, -0.15) is 5.10 Å². The zero-order valence-electron chi connectivity index (χ0n) is 12.8. The van der Waals surface area contributed by atoms with Crippen LogP contribution in [0.3, 0.4) is 0 Å². The van der Waals surface area contributed by atoms with E-state index in [1.54, 1.807) is 31.4 Å². The first-order valence-electron chi connectivity index (χ1n) is 7.30. The minimum absolute atomic E-state index is 0.0574. The third-order valence-electron chi connectivity index (χ3n) is 4.20. The third kappa shape index (κ3) is 2.51. The van der Waals surface area contributed by atoms with Crippen molar-refractivity contribution in [3.8, 4) is 0 Å². The van der Waals surface area contributed by atoms with Crippen molar-refractivity contribution in [2.24, 2.45) is 0 Å². The summed E-state index contributed by atoms with van der Waals surface area (Å²) in [7, 11) is 5.64. The molecule has 3 heterocycles. The number of carbonyl (C=O) groups is 1. The summed E-state index contributed by atoms with van der Waals surface area (Å²) in [5, 5.41) is 4.41. The highest BCUT2D eigenvalue weighted by molar-refractivity contribution is 5.99. The van der Waals surface area contributed by atoms with Gasteiger partial charge in [0.2, 0.25) is 0 Å². The Morgan fingerprint density at radius 2 is 2.05 bits per heavy atom. The summed E-state index contributed by atoms with van der Waals surface area (Å²) in [5.74, 6) is 0.423. The number of rotatable bonds is 2. The molecule has 1 saturated heterocycles. The summed E-state index contributed by atoms with van der Waals surface area (Å²) in [6, 6.07) is 2.03. The highest BCUT2D eigenvalue weighted by Gasteiger charge is 2.23. The monoisotopic (exact) mass is 287 g/mol. The standard InChI is InChI=1S/C15H21N5O/c1-18(2)15(21)12-10-17-20-13(4-7-16-14(12)20)11-5-8-19(3)9-6-11/h4,7,10-11H,5-6,8-9H2,1-3H3. The molecule has 0 saturated carbocycles. The van der Waals surface area contributed by atoms with E-state index in [1.165, 1.54) is 0 Å². The molecule has 0 N–H and O–H groups in total. The third-order valence-corrected chi connectivity index (χ3v) is 4.20. The summed E-state index contributed by atoms with van der Waals surface area (Å²) < 4.78 is 1.84. The lowest BCUT2D eigenvalue weighted by molar-refractivity contribution is 0.0829. The summed E-state index contributed by atoms with van der Waals surface area (Å²) in [6.07, 6.45) is 5.65. The second-order valence-electron chi connectivity index (χ2n) is 5.94. The van der Waals surface area contributed by atoms with Gasteiger partial charge in [-0.05, 0) is 39.0 Å². The van der Waals surface area contributed by atoms with Crippen LogP contribution in [-0.4, -0.2) is 64.5 Å². The first-order chi connectivity index (χ1) is 10.1. The molecule has 21 heavy (non-hydrogen) atoms. The van der Waals surface area contributed by atoms with E-state index in [1.807, 2.05) is 10.6 Å². The van der Waals surface area contributed by atoms with E-state index in [2.05, 4.69) is 22.0 Å². The molecule has 1 fully saturated rings. The normalized spacial score (nSPS) is 17.3. The number of amides is 1. The number of aromatic nitrogens is 3. The quantitative estimate of drug-likeness (QED) is 0.834. The summed E-state index contributed by atoms with van der Waals surface area (Å²) in [5.41, 5.74) is 2.38. The molecule has 2 aromatic rings. The number of nitrogens with zero attached hydrogens (tertiary/aromatic N) is 5. The molecule has 6 nitrogen and oxygen atoms in total. The van der Waals surface area contributed by atoms with E-state index in [4.69, 9.17) is 0 Å². The van der Waals surface area contributed by atoms with Crippen LogP contribution >= 0.6 is 0 Å². The molecule has 2 aromatic heterocycles. The molecule has 1 amide bonds. The lowest BCUT2D eigenvalue weighted by Crippen LogP contribution is -2.30. The Morgan fingerprint density at radius 1 is 1.33 bits per heavy atom. The highest BCUT2D eigenvalue weighted by atomic mass is 16.2. The average molecular weight is 287 g/mol. The number of hydrogen-bond donors (Lipinski definition) is 0. The number of fused-ring (bicyclic) bond motifs is 1. The molecule has 6 heteroatoms. The summed E-state index contributed by atoms with van der Waals surface area (Å²) >= 11 is 0. The summed E-state index contributed by atoms with van der Waals surface area (Å²) in [4.78, 5) is 20.4. The van der Waals surface area contributed by atoms with Crippen molar-refractivity contribution >= 4 is 11.6 Å². The summed E-state index contributed by atoms with van der Waals surface area (Å²) in [6.45, 7) is 2.19. The van der Waals surface area contributed by atoms with Crippen LogP contribution in [0.5, 0.6) is 0 Å². The molecule has 0 spiro atoms. The molecule has 0 aliphatic carbocycles. The SMILES string of the molecule is CN1CCC(c2ccnc3c(C(=O)N(C)C)cnn23)CC1. The van der Waals surface area contributed by atoms with Crippen LogP contribution in [0.2, 0.25) is 0 Å². The molecule has 0 radical (unpaired) electrons. The van der Waals surface area contributed by atoms with Crippen molar-refractivity contribution in [2.75, 3.05) is 34.2 Å². The molecule has 0 aromatic carbocycles. The Kier molecular flexibility index (Phi) is 3.63. The maximum atomic E-state index is 12.2. The molecule has 1 aliphatic heterocycles. The van der Waals surface area contributed by atoms with Crippen LogP contribution in [0.4, 0.5) is 0 Å². The number of carbonyl (C=O) groups excluding carboxylic acids is 1. The van der Waals surface area contributed by atoms with Crippen molar-refractivity contribution in [2.45, 2.75) is 18.8 Å². The van der Waals surface area contributed by atoms with Crippen molar-refractivity contribution < 1.29 is 4.79 Å².